The summed E-state index contributed by atoms with van der Waals surface area (Å²) in [5, 5.41) is 4.66. The minimum atomic E-state index is -0.0170. The summed E-state index contributed by atoms with van der Waals surface area (Å²) in [6.07, 6.45) is -0.0170. The van der Waals surface area contributed by atoms with Gasteiger partial charge >= 0.3 is 0 Å². The first-order valence-corrected chi connectivity index (χ1v) is 7.71. The third-order valence-corrected chi connectivity index (χ3v) is 4.05. The molecule has 112 valence electrons. The summed E-state index contributed by atoms with van der Waals surface area (Å²) in [5.41, 5.74) is 1.85. The molecule has 2 rings (SSSR count). The molecule has 21 heavy (non-hydrogen) atoms. The fraction of sp³-hybridized carbons (Fsp3) is 0.250. The zero-order valence-electron chi connectivity index (χ0n) is 11.8. The predicted octanol–water partition coefficient (Wildman–Crippen LogP) is 5.83. The first-order chi connectivity index (χ1) is 9.97. The Labute approximate surface area is 140 Å². The number of ether oxygens (including phenoxy) is 1. The van der Waals surface area contributed by atoms with Gasteiger partial charge in [0.05, 0.1) is 27.3 Å². The predicted molar refractivity (Wildman–Crippen MR) is 91.2 cm³/mol. The van der Waals surface area contributed by atoms with Crippen LogP contribution in [-0.4, -0.2) is 12.6 Å². The lowest BCUT2D eigenvalue weighted by Gasteiger charge is -2.18. The normalized spacial score (nSPS) is 12.0. The van der Waals surface area contributed by atoms with Gasteiger partial charge in [0.1, 0.15) is 11.9 Å². The summed E-state index contributed by atoms with van der Waals surface area (Å²) < 4.78 is 5.90. The van der Waals surface area contributed by atoms with E-state index in [-0.39, 0.29) is 6.10 Å². The SMILES string of the molecule is Cc1ccccc1OC(C)CNc1cc(Cl)c(Cl)cc1Cl. The van der Waals surface area contributed by atoms with Crippen LogP contribution in [0.2, 0.25) is 15.1 Å². The minimum Gasteiger partial charge on any atom is -0.489 e. The maximum absolute atomic E-state index is 6.12. The maximum atomic E-state index is 6.12. The molecular formula is C16H16Cl3NO. The maximum Gasteiger partial charge on any atom is 0.122 e. The first kappa shape index (κ1) is 16.3. The van der Waals surface area contributed by atoms with Crippen molar-refractivity contribution in [1.82, 2.24) is 0 Å². The molecule has 1 N–H and O–H groups in total. The van der Waals surface area contributed by atoms with E-state index in [9.17, 15) is 0 Å². The molecule has 2 aromatic rings. The highest BCUT2D eigenvalue weighted by atomic mass is 35.5. The number of halogens is 3. The van der Waals surface area contributed by atoms with Gasteiger partial charge in [-0.05, 0) is 37.6 Å². The van der Waals surface area contributed by atoms with Gasteiger partial charge in [0, 0.05) is 0 Å². The summed E-state index contributed by atoms with van der Waals surface area (Å²) in [6, 6.07) is 11.3. The van der Waals surface area contributed by atoms with E-state index in [1.165, 1.54) is 0 Å². The Morgan fingerprint density at radius 1 is 1.05 bits per heavy atom. The van der Waals surface area contributed by atoms with Gasteiger partial charge in [-0.2, -0.15) is 0 Å². The van der Waals surface area contributed by atoms with Crippen LogP contribution in [0.25, 0.3) is 0 Å². The highest BCUT2D eigenvalue weighted by molar-refractivity contribution is 6.44. The van der Waals surface area contributed by atoms with E-state index >= 15 is 0 Å². The van der Waals surface area contributed by atoms with Crippen LogP contribution in [0.15, 0.2) is 36.4 Å². The fourth-order valence-electron chi connectivity index (χ4n) is 1.86. The average molecular weight is 345 g/mol. The summed E-state index contributed by atoms with van der Waals surface area (Å²) in [4.78, 5) is 0. The molecule has 0 aliphatic heterocycles. The topological polar surface area (TPSA) is 21.3 Å². The number of aryl methyl sites for hydroxylation is 1. The zero-order chi connectivity index (χ0) is 15.4. The summed E-state index contributed by atoms with van der Waals surface area (Å²) in [5.74, 6) is 0.882. The van der Waals surface area contributed by atoms with Crippen LogP contribution in [0.1, 0.15) is 12.5 Å². The molecule has 0 bridgehead atoms. The summed E-state index contributed by atoms with van der Waals surface area (Å²) in [6.45, 7) is 4.61. The summed E-state index contributed by atoms with van der Waals surface area (Å²) >= 11 is 18.0. The Morgan fingerprint density at radius 2 is 1.71 bits per heavy atom. The minimum absolute atomic E-state index is 0.0170. The number of hydrogen-bond acceptors (Lipinski definition) is 2. The van der Waals surface area contributed by atoms with Crippen molar-refractivity contribution in [1.29, 1.82) is 0 Å². The summed E-state index contributed by atoms with van der Waals surface area (Å²) in [7, 11) is 0. The molecule has 0 saturated heterocycles. The first-order valence-electron chi connectivity index (χ1n) is 6.58. The molecular weight excluding hydrogens is 329 g/mol. The number of anilines is 1. The van der Waals surface area contributed by atoms with E-state index in [4.69, 9.17) is 39.5 Å². The van der Waals surface area contributed by atoms with Crippen molar-refractivity contribution in [2.75, 3.05) is 11.9 Å². The Morgan fingerprint density at radius 3 is 2.43 bits per heavy atom. The lowest BCUT2D eigenvalue weighted by Crippen LogP contribution is -2.23. The molecule has 0 aliphatic rings. The van der Waals surface area contributed by atoms with Crippen molar-refractivity contribution in [3.05, 3.63) is 57.0 Å². The molecule has 0 heterocycles. The molecule has 0 fully saturated rings. The molecule has 2 aromatic carbocycles. The monoisotopic (exact) mass is 343 g/mol. The van der Waals surface area contributed by atoms with E-state index in [2.05, 4.69) is 5.32 Å². The van der Waals surface area contributed by atoms with Crippen LogP contribution in [0.3, 0.4) is 0 Å². The van der Waals surface area contributed by atoms with Gasteiger partial charge in [0.25, 0.3) is 0 Å². The number of para-hydroxylation sites is 1. The lowest BCUT2D eigenvalue weighted by atomic mass is 10.2. The molecule has 0 spiro atoms. The Hall–Kier alpha value is -1.09. The van der Waals surface area contributed by atoms with Crippen LogP contribution in [0.4, 0.5) is 5.69 Å². The highest BCUT2D eigenvalue weighted by Gasteiger charge is 2.09. The van der Waals surface area contributed by atoms with E-state index in [1.54, 1.807) is 12.1 Å². The van der Waals surface area contributed by atoms with Crippen LogP contribution >= 0.6 is 34.8 Å². The molecule has 0 saturated carbocycles. The fourth-order valence-corrected chi connectivity index (χ4v) is 2.47. The second-order valence-electron chi connectivity index (χ2n) is 4.82. The second-order valence-corrected chi connectivity index (χ2v) is 6.04. The van der Waals surface area contributed by atoms with Crippen molar-refractivity contribution in [2.24, 2.45) is 0 Å². The number of hydrogen-bond donors (Lipinski definition) is 1. The van der Waals surface area contributed by atoms with Crippen LogP contribution in [0.5, 0.6) is 5.75 Å². The Balaban J connectivity index is 1.97. The van der Waals surface area contributed by atoms with E-state index in [0.29, 0.717) is 21.6 Å². The highest BCUT2D eigenvalue weighted by Crippen LogP contribution is 2.32. The molecule has 0 amide bonds. The van der Waals surface area contributed by atoms with Gasteiger partial charge in [-0.15, -0.1) is 0 Å². The van der Waals surface area contributed by atoms with Gasteiger partial charge in [-0.3, -0.25) is 0 Å². The third-order valence-electron chi connectivity index (χ3n) is 3.01. The van der Waals surface area contributed by atoms with Gasteiger partial charge < -0.3 is 10.1 Å². The average Bonchev–Trinajstić information content (AvgIpc) is 2.44. The van der Waals surface area contributed by atoms with Crippen molar-refractivity contribution in [3.63, 3.8) is 0 Å². The lowest BCUT2D eigenvalue weighted by molar-refractivity contribution is 0.233. The van der Waals surface area contributed by atoms with Crippen molar-refractivity contribution in [3.8, 4) is 5.75 Å². The van der Waals surface area contributed by atoms with Gasteiger partial charge in [-0.1, -0.05) is 53.0 Å². The van der Waals surface area contributed by atoms with Gasteiger partial charge in [0.2, 0.25) is 0 Å². The zero-order valence-corrected chi connectivity index (χ0v) is 14.1. The van der Waals surface area contributed by atoms with Crippen molar-refractivity contribution in [2.45, 2.75) is 20.0 Å². The Bertz CT molecular complexity index is 631. The van der Waals surface area contributed by atoms with E-state index in [0.717, 1.165) is 17.0 Å². The van der Waals surface area contributed by atoms with Crippen molar-refractivity contribution >= 4 is 40.5 Å². The van der Waals surface area contributed by atoms with Gasteiger partial charge in [-0.25, -0.2) is 0 Å². The third kappa shape index (κ3) is 4.44. The molecule has 1 atom stereocenters. The molecule has 0 radical (unpaired) electrons. The van der Waals surface area contributed by atoms with E-state index < -0.39 is 0 Å². The number of benzene rings is 2. The second kappa shape index (κ2) is 7.26. The van der Waals surface area contributed by atoms with Crippen LogP contribution in [0, 0.1) is 6.92 Å². The van der Waals surface area contributed by atoms with Crippen molar-refractivity contribution < 1.29 is 4.74 Å². The number of nitrogens with one attached hydrogen (secondary N) is 1. The number of rotatable bonds is 5. The van der Waals surface area contributed by atoms with E-state index in [1.807, 2.05) is 38.1 Å². The molecule has 2 nitrogen and oxygen atoms in total. The molecule has 0 aromatic heterocycles. The molecule has 1 unspecified atom stereocenters. The molecule has 5 heteroatoms. The molecule has 0 aliphatic carbocycles. The Kier molecular flexibility index (Phi) is 5.63. The smallest absolute Gasteiger partial charge is 0.122 e. The largest absolute Gasteiger partial charge is 0.489 e. The van der Waals surface area contributed by atoms with Crippen LogP contribution in [-0.2, 0) is 0 Å². The standard InChI is InChI=1S/C16H16Cl3NO/c1-10-5-3-4-6-16(10)21-11(2)9-20-15-8-13(18)12(17)7-14(15)19/h3-8,11,20H,9H2,1-2H3. The van der Waals surface area contributed by atoms with Crippen LogP contribution < -0.4 is 10.1 Å². The van der Waals surface area contributed by atoms with Gasteiger partial charge in [0.15, 0.2) is 0 Å². The quantitative estimate of drug-likeness (QED) is 0.688.